The second kappa shape index (κ2) is 11.6. The van der Waals surface area contributed by atoms with Gasteiger partial charge in [0, 0.05) is 65.3 Å². The van der Waals surface area contributed by atoms with Gasteiger partial charge in [-0.3, -0.25) is 9.67 Å². The van der Waals surface area contributed by atoms with Gasteiger partial charge < -0.3 is 19.5 Å². The molecule has 4 aromatic rings. The van der Waals surface area contributed by atoms with Crippen LogP contribution in [-0.4, -0.2) is 47.7 Å². The Balaban J connectivity index is 1.82. The third-order valence-electron chi connectivity index (χ3n) is 6.15. The molecule has 3 heterocycles. The van der Waals surface area contributed by atoms with E-state index in [0.717, 1.165) is 57.5 Å². The van der Waals surface area contributed by atoms with Crippen LogP contribution in [0.2, 0.25) is 5.02 Å². The fourth-order valence-electron chi connectivity index (χ4n) is 4.23. The maximum Gasteiger partial charge on any atom is 0.141 e. The summed E-state index contributed by atoms with van der Waals surface area (Å²) in [7, 11) is 4.93. The van der Waals surface area contributed by atoms with E-state index in [1.807, 2.05) is 35.4 Å². The van der Waals surface area contributed by atoms with E-state index < -0.39 is 0 Å². The van der Waals surface area contributed by atoms with E-state index in [-0.39, 0.29) is 0 Å². The number of halogens is 1. The molecule has 1 N–H and O–H groups in total. The van der Waals surface area contributed by atoms with Crippen LogP contribution in [0.5, 0.6) is 11.5 Å². The number of rotatable bonds is 11. The second-order valence-electron chi connectivity index (χ2n) is 8.37. The Hall–Kier alpha value is -3.36. The van der Waals surface area contributed by atoms with Crippen LogP contribution in [0.15, 0.2) is 36.8 Å². The molecule has 190 valence electrons. The molecular formula is C27H32ClN5O3. The van der Waals surface area contributed by atoms with Crippen molar-refractivity contribution in [3.05, 3.63) is 58.6 Å². The molecule has 0 fully saturated rings. The Morgan fingerprint density at radius 3 is 2.50 bits per heavy atom. The molecule has 1 aromatic carbocycles. The molecule has 4 rings (SSSR count). The minimum absolute atomic E-state index is 0.505. The summed E-state index contributed by atoms with van der Waals surface area (Å²) in [4.78, 5) is 9.68. The van der Waals surface area contributed by atoms with Gasteiger partial charge in [0.2, 0.25) is 0 Å². The average Bonchev–Trinajstić information content (AvgIpc) is 3.37. The van der Waals surface area contributed by atoms with Crippen molar-refractivity contribution >= 4 is 28.2 Å². The summed E-state index contributed by atoms with van der Waals surface area (Å²) in [5.41, 5.74) is 4.55. The molecule has 0 unspecified atom stereocenters. The monoisotopic (exact) mass is 509 g/mol. The molecule has 0 saturated carbocycles. The summed E-state index contributed by atoms with van der Waals surface area (Å²) in [6, 6.07) is 5.93. The zero-order valence-electron chi connectivity index (χ0n) is 21.4. The van der Waals surface area contributed by atoms with Crippen molar-refractivity contribution in [1.29, 1.82) is 0 Å². The van der Waals surface area contributed by atoms with Gasteiger partial charge in [-0.2, -0.15) is 5.10 Å². The molecule has 0 atom stereocenters. The molecule has 0 aliphatic rings. The van der Waals surface area contributed by atoms with E-state index in [2.05, 4.69) is 35.3 Å². The van der Waals surface area contributed by atoms with E-state index in [1.54, 1.807) is 21.3 Å². The number of nitrogens with one attached hydrogen (secondary N) is 1. The Morgan fingerprint density at radius 1 is 1.00 bits per heavy atom. The lowest BCUT2D eigenvalue weighted by Gasteiger charge is -2.19. The van der Waals surface area contributed by atoms with E-state index in [9.17, 15) is 0 Å². The van der Waals surface area contributed by atoms with Crippen LogP contribution < -0.4 is 14.8 Å². The minimum Gasteiger partial charge on any atom is -0.496 e. The molecule has 0 radical (unpaired) electrons. The Kier molecular flexibility index (Phi) is 8.28. The van der Waals surface area contributed by atoms with E-state index >= 15 is 0 Å². The van der Waals surface area contributed by atoms with E-state index in [1.165, 1.54) is 0 Å². The Bertz CT molecular complexity index is 1360. The second-order valence-corrected chi connectivity index (χ2v) is 8.74. The average molecular weight is 510 g/mol. The molecule has 3 aromatic heterocycles. The molecule has 0 amide bonds. The number of benzene rings is 1. The van der Waals surface area contributed by atoms with E-state index in [0.29, 0.717) is 36.2 Å². The lowest BCUT2D eigenvalue weighted by molar-refractivity contribution is 0.183. The van der Waals surface area contributed by atoms with Gasteiger partial charge in [0.25, 0.3) is 0 Å². The highest BCUT2D eigenvalue weighted by molar-refractivity contribution is 6.35. The first-order valence-corrected chi connectivity index (χ1v) is 12.4. The summed E-state index contributed by atoms with van der Waals surface area (Å²) in [5.74, 6) is 2.01. The highest BCUT2D eigenvalue weighted by Gasteiger charge is 2.21. The van der Waals surface area contributed by atoms with Crippen molar-refractivity contribution in [2.45, 2.75) is 39.8 Å². The van der Waals surface area contributed by atoms with Gasteiger partial charge in [-0.25, -0.2) is 4.98 Å². The third-order valence-corrected chi connectivity index (χ3v) is 6.53. The third kappa shape index (κ3) is 5.24. The first kappa shape index (κ1) is 25.7. The summed E-state index contributed by atoms with van der Waals surface area (Å²) in [6.45, 7) is 6.04. The maximum atomic E-state index is 6.85. The highest BCUT2D eigenvalue weighted by atomic mass is 35.5. The van der Waals surface area contributed by atoms with Crippen molar-refractivity contribution in [2.75, 3.05) is 33.3 Å². The van der Waals surface area contributed by atoms with E-state index in [4.69, 9.17) is 30.8 Å². The number of hydrogen-bond acceptors (Lipinski definition) is 7. The molecular weight excluding hydrogens is 478 g/mol. The number of pyridine rings is 2. The minimum atomic E-state index is 0.505. The largest absolute Gasteiger partial charge is 0.496 e. The molecule has 8 nitrogen and oxygen atoms in total. The van der Waals surface area contributed by atoms with Gasteiger partial charge in [-0.05, 0) is 25.0 Å². The Morgan fingerprint density at radius 2 is 1.81 bits per heavy atom. The van der Waals surface area contributed by atoms with Crippen molar-refractivity contribution in [3.63, 3.8) is 0 Å². The van der Waals surface area contributed by atoms with Gasteiger partial charge in [-0.15, -0.1) is 0 Å². The number of aryl methyl sites for hydroxylation is 1. The van der Waals surface area contributed by atoms with Gasteiger partial charge in [-0.1, -0.05) is 25.4 Å². The summed E-state index contributed by atoms with van der Waals surface area (Å²) in [5, 5.41) is 10.4. The van der Waals surface area contributed by atoms with Gasteiger partial charge in [0.15, 0.2) is 0 Å². The highest BCUT2D eigenvalue weighted by Crippen LogP contribution is 2.44. The molecule has 0 saturated heterocycles. The first-order chi connectivity index (χ1) is 17.5. The molecule has 0 bridgehead atoms. The summed E-state index contributed by atoms with van der Waals surface area (Å²) in [6.07, 6.45) is 7.31. The number of ether oxygens (including phenoxy) is 3. The summed E-state index contributed by atoms with van der Waals surface area (Å²) < 4.78 is 18.2. The molecule has 0 aliphatic heterocycles. The van der Waals surface area contributed by atoms with Crippen LogP contribution in [0.25, 0.3) is 22.0 Å². The maximum absolute atomic E-state index is 6.85. The van der Waals surface area contributed by atoms with Crippen LogP contribution in [0, 0.1) is 0 Å². The van der Waals surface area contributed by atoms with Crippen molar-refractivity contribution in [1.82, 2.24) is 19.7 Å². The summed E-state index contributed by atoms with van der Waals surface area (Å²) >= 11 is 6.85. The van der Waals surface area contributed by atoms with Gasteiger partial charge in [0.1, 0.15) is 17.3 Å². The topological polar surface area (TPSA) is 83.3 Å². The molecule has 36 heavy (non-hydrogen) atoms. The number of fused-ring (bicyclic) bond motifs is 1. The lowest BCUT2D eigenvalue weighted by atomic mass is 9.98. The smallest absolute Gasteiger partial charge is 0.141 e. The number of hydrogen-bond donors (Lipinski definition) is 1. The number of methoxy groups -OCH3 is 3. The van der Waals surface area contributed by atoms with Crippen LogP contribution in [-0.2, 0) is 30.7 Å². The molecule has 0 spiro atoms. The number of anilines is 1. The SMILES string of the molecule is CCc1cc2c(NCc3cnn(CCOC)c3)nc(-c3c(Cl)c(OC)cc(OC)c3CC)cc2cn1. The van der Waals surface area contributed by atoms with Gasteiger partial charge >= 0.3 is 0 Å². The fourth-order valence-corrected chi connectivity index (χ4v) is 4.58. The number of aromatic nitrogens is 4. The fraction of sp³-hybridized carbons (Fsp3) is 0.370. The van der Waals surface area contributed by atoms with Crippen LogP contribution in [0.3, 0.4) is 0 Å². The number of nitrogens with zero attached hydrogens (tertiary/aromatic N) is 4. The van der Waals surface area contributed by atoms with Crippen LogP contribution in [0.4, 0.5) is 5.82 Å². The van der Waals surface area contributed by atoms with Crippen molar-refractivity contribution in [3.8, 4) is 22.8 Å². The van der Waals surface area contributed by atoms with Gasteiger partial charge in [0.05, 0.1) is 44.3 Å². The predicted molar refractivity (Wildman–Crippen MR) is 143 cm³/mol. The van der Waals surface area contributed by atoms with Crippen molar-refractivity contribution < 1.29 is 14.2 Å². The standard InChI is InChI=1S/C27H32ClN5O3/c1-6-19-11-21-18(15-29-19)10-22(25-20(7-2)23(35-4)12-24(36-5)26(25)28)32-27(21)30-13-17-14-31-33(16-17)8-9-34-3/h10-12,14-16H,6-9,13H2,1-5H3,(H,30,32). The van der Waals surface area contributed by atoms with Crippen molar-refractivity contribution in [2.24, 2.45) is 0 Å². The Labute approximate surface area is 216 Å². The zero-order valence-corrected chi connectivity index (χ0v) is 22.1. The van der Waals surface area contributed by atoms with Crippen LogP contribution in [0.1, 0.15) is 30.7 Å². The van der Waals surface area contributed by atoms with Crippen LogP contribution >= 0.6 is 11.6 Å². The predicted octanol–water partition coefficient (Wildman–Crippen LogP) is 5.55. The quantitative estimate of drug-likeness (QED) is 0.284. The molecule has 0 aliphatic carbocycles. The first-order valence-electron chi connectivity index (χ1n) is 12.0. The molecule has 9 heteroatoms. The zero-order chi connectivity index (χ0) is 25.7. The normalized spacial score (nSPS) is 11.2. The lowest BCUT2D eigenvalue weighted by Crippen LogP contribution is -2.06.